The van der Waals surface area contributed by atoms with Crippen LogP contribution in [0.3, 0.4) is 0 Å². The van der Waals surface area contributed by atoms with Crippen molar-refractivity contribution in [1.82, 2.24) is 9.80 Å². The van der Waals surface area contributed by atoms with Gasteiger partial charge in [-0.15, -0.1) is 0 Å². The van der Waals surface area contributed by atoms with Gasteiger partial charge < -0.3 is 24.1 Å². The molecule has 1 N–H and O–H groups in total. The number of carboxylic acid groups (broad SMARTS) is 1. The van der Waals surface area contributed by atoms with Crippen molar-refractivity contribution in [2.24, 2.45) is 0 Å². The van der Waals surface area contributed by atoms with Crippen molar-refractivity contribution >= 4 is 46.3 Å². The molecule has 2 heterocycles. The van der Waals surface area contributed by atoms with Crippen LogP contribution in [0.4, 0.5) is 26.3 Å². The van der Waals surface area contributed by atoms with Crippen molar-refractivity contribution in [2.75, 3.05) is 59.7 Å². The van der Waals surface area contributed by atoms with Gasteiger partial charge in [-0.1, -0.05) is 30.0 Å². The van der Waals surface area contributed by atoms with Crippen LogP contribution in [0.5, 0.6) is 17.2 Å². The predicted molar refractivity (Wildman–Crippen MR) is 189 cm³/mol. The molecule has 3 aromatic carbocycles. The van der Waals surface area contributed by atoms with Crippen LogP contribution in [0.1, 0.15) is 39.9 Å². The third-order valence-corrected chi connectivity index (χ3v) is 9.64. The van der Waals surface area contributed by atoms with Gasteiger partial charge in [-0.2, -0.15) is 26.3 Å². The van der Waals surface area contributed by atoms with Gasteiger partial charge in [0.25, 0.3) is 5.91 Å². The highest BCUT2D eigenvalue weighted by molar-refractivity contribution is 8.26. The number of carbonyl (C=O) groups excluding carboxylic acids is 1. The smallest absolute Gasteiger partial charge is 0.416 e. The molecule has 0 aromatic heterocycles. The number of morpholine rings is 1. The monoisotopic (exact) mass is 784 g/mol. The summed E-state index contributed by atoms with van der Waals surface area (Å²) in [5.41, 5.74) is -2.89. The Kier molecular flexibility index (Phi) is 13.0. The number of nitrogens with zero attached hydrogens (tertiary/aromatic N) is 2. The zero-order chi connectivity index (χ0) is 38.3. The zero-order valence-electron chi connectivity index (χ0n) is 28.2. The minimum atomic E-state index is -5.03. The van der Waals surface area contributed by atoms with Gasteiger partial charge in [-0.25, -0.2) is 4.79 Å². The summed E-state index contributed by atoms with van der Waals surface area (Å²) in [5.74, 6) is -0.772. The van der Waals surface area contributed by atoms with Crippen molar-refractivity contribution in [3.05, 3.63) is 81.8 Å². The number of aromatic carboxylic acids is 1. The molecule has 0 unspecified atom stereocenters. The summed E-state index contributed by atoms with van der Waals surface area (Å²) >= 11 is 6.46. The molecular weight excluding hydrogens is 751 g/mol. The number of alkyl halides is 6. The molecule has 2 aliphatic rings. The number of carboxylic acids is 1. The number of rotatable bonds is 14. The molecule has 2 aliphatic heterocycles. The average molecular weight is 785 g/mol. The average Bonchev–Trinajstić information content (AvgIpc) is 3.38. The topological polar surface area (TPSA) is 97.8 Å². The first kappa shape index (κ1) is 39.9. The molecule has 17 heteroatoms. The molecule has 0 bridgehead atoms. The Labute approximate surface area is 310 Å². The maximum Gasteiger partial charge on any atom is 0.416 e. The van der Waals surface area contributed by atoms with Crippen LogP contribution >= 0.6 is 24.0 Å². The maximum absolute atomic E-state index is 13.7. The standard InChI is InChI=1S/C36H34F6N2O7S2/c1-48-30-19-23(33(46)47)5-7-29(30)51-13-3-9-44-32(45)31(53-34(44)52)20-25-16-22(4-6-28(25)50-12-2-8-43-10-14-49-15-11-43)24-17-26(35(37,38)39)21-27(18-24)36(40,41)42/h4-7,16-21H,2-3,8-15H2,1H3,(H,46,47). The van der Waals surface area contributed by atoms with Gasteiger partial charge in [0.2, 0.25) is 0 Å². The van der Waals surface area contributed by atoms with Crippen LogP contribution in [-0.2, 0) is 21.9 Å². The molecule has 5 rings (SSSR count). The second-order valence-electron chi connectivity index (χ2n) is 11.9. The number of ether oxygens (including phenoxy) is 4. The number of methoxy groups -OCH3 is 1. The zero-order valence-corrected chi connectivity index (χ0v) is 29.9. The van der Waals surface area contributed by atoms with E-state index < -0.39 is 35.4 Å². The molecule has 3 aromatic rings. The SMILES string of the molecule is COc1cc(C(=O)O)ccc1OCCCN1C(=O)C(=Cc2cc(-c3cc(C(F)(F)F)cc(C(F)(F)F)c3)ccc2OCCCN2CCOCC2)SC1=S. The molecule has 0 radical (unpaired) electrons. The van der Waals surface area contributed by atoms with E-state index in [1.165, 1.54) is 54.5 Å². The van der Waals surface area contributed by atoms with Gasteiger partial charge >= 0.3 is 18.3 Å². The van der Waals surface area contributed by atoms with Crippen LogP contribution < -0.4 is 14.2 Å². The quantitative estimate of drug-likeness (QED) is 0.0753. The Morgan fingerprint density at radius 3 is 2.11 bits per heavy atom. The van der Waals surface area contributed by atoms with Gasteiger partial charge in [0.15, 0.2) is 11.5 Å². The number of hydrogen-bond acceptors (Lipinski definition) is 9. The Morgan fingerprint density at radius 1 is 0.868 bits per heavy atom. The number of thioether (sulfide) groups is 1. The first-order chi connectivity index (χ1) is 25.1. The molecule has 0 saturated carbocycles. The summed E-state index contributed by atoms with van der Waals surface area (Å²) in [7, 11) is 1.37. The van der Waals surface area contributed by atoms with E-state index in [9.17, 15) is 41.0 Å². The van der Waals surface area contributed by atoms with E-state index >= 15 is 0 Å². The molecule has 9 nitrogen and oxygen atoms in total. The normalized spacial score (nSPS) is 16.4. The maximum atomic E-state index is 13.7. The third kappa shape index (κ3) is 10.4. The lowest BCUT2D eigenvalue weighted by atomic mass is 9.97. The van der Waals surface area contributed by atoms with Gasteiger partial charge in [-0.3, -0.25) is 14.6 Å². The first-order valence-corrected chi connectivity index (χ1v) is 17.5. The number of amides is 1. The first-order valence-electron chi connectivity index (χ1n) is 16.3. The largest absolute Gasteiger partial charge is 0.493 e. The summed E-state index contributed by atoms with van der Waals surface area (Å²) < 4.78 is 105. The number of halogens is 6. The lowest BCUT2D eigenvalue weighted by Gasteiger charge is -2.26. The van der Waals surface area contributed by atoms with Crippen molar-refractivity contribution in [2.45, 2.75) is 25.2 Å². The van der Waals surface area contributed by atoms with Crippen molar-refractivity contribution in [1.29, 1.82) is 0 Å². The van der Waals surface area contributed by atoms with Gasteiger partial charge in [-0.05, 0) is 78.6 Å². The second-order valence-corrected chi connectivity index (χ2v) is 13.6. The van der Waals surface area contributed by atoms with E-state index in [1.54, 1.807) is 0 Å². The summed E-state index contributed by atoms with van der Waals surface area (Å²) in [6.07, 6.45) is -7.64. The highest BCUT2D eigenvalue weighted by Crippen LogP contribution is 2.41. The number of thiocarbonyl (C=S) groups is 1. The molecule has 2 fully saturated rings. The summed E-state index contributed by atoms with van der Waals surface area (Å²) in [6, 6.07) is 9.73. The van der Waals surface area contributed by atoms with Gasteiger partial charge in [0.1, 0.15) is 10.1 Å². The molecule has 53 heavy (non-hydrogen) atoms. The summed E-state index contributed by atoms with van der Waals surface area (Å²) in [5, 5.41) is 9.20. The minimum absolute atomic E-state index is 0.0199. The highest BCUT2D eigenvalue weighted by atomic mass is 32.2. The molecular formula is C36H34F6N2O7S2. The van der Waals surface area contributed by atoms with Gasteiger partial charge in [0, 0.05) is 31.7 Å². The van der Waals surface area contributed by atoms with Crippen LogP contribution in [-0.4, -0.2) is 90.8 Å². The second kappa shape index (κ2) is 17.2. The molecule has 1 amide bonds. The Bertz CT molecular complexity index is 1830. The molecule has 0 atom stereocenters. The fourth-order valence-electron chi connectivity index (χ4n) is 5.55. The molecule has 2 saturated heterocycles. The van der Waals surface area contributed by atoms with Crippen LogP contribution in [0, 0.1) is 0 Å². The third-order valence-electron chi connectivity index (χ3n) is 8.27. The Hall–Kier alpha value is -4.32. The summed E-state index contributed by atoms with van der Waals surface area (Å²) in [4.78, 5) is 28.5. The molecule has 284 valence electrons. The molecule has 0 aliphatic carbocycles. The van der Waals surface area contributed by atoms with E-state index in [2.05, 4.69) is 4.90 Å². The van der Waals surface area contributed by atoms with E-state index in [-0.39, 0.29) is 68.8 Å². The van der Waals surface area contributed by atoms with Crippen LogP contribution in [0.2, 0.25) is 0 Å². The van der Waals surface area contributed by atoms with Crippen LogP contribution in [0.15, 0.2) is 59.5 Å². The number of hydrogen-bond donors (Lipinski definition) is 1. The number of carbonyl (C=O) groups is 2. The minimum Gasteiger partial charge on any atom is -0.493 e. The summed E-state index contributed by atoms with van der Waals surface area (Å²) in [6.45, 7) is 4.07. The number of benzene rings is 3. The van der Waals surface area contributed by atoms with Crippen molar-refractivity contribution in [3.63, 3.8) is 0 Å². The van der Waals surface area contributed by atoms with E-state index in [1.807, 2.05) is 0 Å². The fraction of sp³-hybridized carbons (Fsp3) is 0.361. The lowest BCUT2D eigenvalue weighted by Crippen LogP contribution is -2.37. The fourth-order valence-corrected chi connectivity index (χ4v) is 6.85. The van der Waals surface area contributed by atoms with Crippen molar-refractivity contribution in [3.8, 4) is 28.4 Å². The Balaban J connectivity index is 1.36. The predicted octanol–water partition coefficient (Wildman–Crippen LogP) is 7.87. The van der Waals surface area contributed by atoms with Crippen molar-refractivity contribution < 1.29 is 60.0 Å². The van der Waals surface area contributed by atoms with E-state index in [4.69, 9.17) is 31.2 Å². The Morgan fingerprint density at radius 2 is 1.49 bits per heavy atom. The van der Waals surface area contributed by atoms with E-state index in [0.29, 0.717) is 43.9 Å². The molecule has 0 spiro atoms. The lowest BCUT2D eigenvalue weighted by molar-refractivity contribution is -0.143. The van der Waals surface area contributed by atoms with E-state index in [0.717, 1.165) is 31.4 Å². The highest BCUT2D eigenvalue weighted by Gasteiger charge is 2.37. The van der Waals surface area contributed by atoms with Crippen LogP contribution in [0.25, 0.3) is 17.2 Å². The van der Waals surface area contributed by atoms with Gasteiger partial charge in [0.05, 0.1) is 55.1 Å².